The SMILES string of the molecule is CNCc1ccc(N2CCCCC2CO)cc1Cl. The van der Waals surface area contributed by atoms with Crippen LogP contribution in [0.2, 0.25) is 5.02 Å². The second kappa shape index (κ2) is 6.41. The maximum absolute atomic E-state index is 9.45. The molecule has 1 unspecified atom stereocenters. The number of aliphatic hydroxyl groups is 1. The molecule has 1 aliphatic heterocycles. The Bertz CT molecular complexity index is 397. The Hall–Kier alpha value is -0.770. The van der Waals surface area contributed by atoms with E-state index in [0.29, 0.717) is 0 Å². The van der Waals surface area contributed by atoms with Crippen LogP contribution in [0.3, 0.4) is 0 Å². The van der Waals surface area contributed by atoms with Crippen molar-refractivity contribution in [2.24, 2.45) is 0 Å². The van der Waals surface area contributed by atoms with E-state index in [1.165, 1.54) is 12.8 Å². The van der Waals surface area contributed by atoms with Crippen molar-refractivity contribution in [3.8, 4) is 0 Å². The second-order valence-corrected chi connectivity index (χ2v) is 5.24. The molecule has 0 bridgehead atoms. The molecule has 0 amide bonds. The lowest BCUT2D eigenvalue weighted by Gasteiger charge is -2.36. The molecule has 0 saturated carbocycles. The molecular weight excluding hydrogens is 248 g/mol. The van der Waals surface area contributed by atoms with Gasteiger partial charge in [0.25, 0.3) is 0 Å². The molecule has 18 heavy (non-hydrogen) atoms. The van der Waals surface area contributed by atoms with Gasteiger partial charge < -0.3 is 15.3 Å². The fourth-order valence-electron chi connectivity index (χ4n) is 2.58. The number of benzene rings is 1. The molecule has 2 rings (SSSR count). The lowest BCUT2D eigenvalue weighted by atomic mass is 10.0. The third kappa shape index (κ3) is 2.97. The molecule has 100 valence electrons. The Kier molecular flexibility index (Phi) is 4.87. The number of hydrogen-bond acceptors (Lipinski definition) is 3. The molecular formula is C14H21ClN2O. The summed E-state index contributed by atoms with van der Waals surface area (Å²) in [7, 11) is 1.91. The van der Waals surface area contributed by atoms with Gasteiger partial charge in [-0.25, -0.2) is 0 Å². The molecule has 1 aliphatic rings. The van der Waals surface area contributed by atoms with Crippen LogP contribution in [0.25, 0.3) is 0 Å². The third-order valence-corrected chi connectivity index (χ3v) is 3.93. The van der Waals surface area contributed by atoms with Crippen LogP contribution in [0.4, 0.5) is 5.69 Å². The minimum atomic E-state index is 0.218. The first-order valence-corrected chi connectivity index (χ1v) is 6.94. The predicted octanol–water partition coefficient (Wildman–Crippen LogP) is 2.41. The lowest BCUT2D eigenvalue weighted by molar-refractivity contribution is 0.240. The van der Waals surface area contributed by atoms with Crippen LogP contribution in [0.5, 0.6) is 0 Å². The van der Waals surface area contributed by atoms with Crippen LogP contribution >= 0.6 is 11.6 Å². The monoisotopic (exact) mass is 268 g/mol. The fourth-order valence-corrected chi connectivity index (χ4v) is 2.82. The number of halogens is 1. The molecule has 0 spiro atoms. The molecule has 0 aromatic heterocycles. The number of nitrogens with one attached hydrogen (secondary N) is 1. The average molecular weight is 269 g/mol. The number of anilines is 1. The quantitative estimate of drug-likeness (QED) is 0.880. The van der Waals surface area contributed by atoms with Gasteiger partial charge in [0.2, 0.25) is 0 Å². The van der Waals surface area contributed by atoms with Gasteiger partial charge in [-0.3, -0.25) is 0 Å². The predicted molar refractivity (Wildman–Crippen MR) is 76.3 cm³/mol. The summed E-state index contributed by atoms with van der Waals surface area (Å²) in [6, 6.07) is 6.43. The Morgan fingerprint density at radius 3 is 2.94 bits per heavy atom. The first-order valence-electron chi connectivity index (χ1n) is 6.56. The van der Waals surface area contributed by atoms with Gasteiger partial charge in [0.1, 0.15) is 0 Å². The van der Waals surface area contributed by atoms with Crippen LogP contribution < -0.4 is 10.2 Å². The Morgan fingerprint density at radius 2 is 2.28 bits per heavy atom. The maximum Gasteiger partial charge on any atom is 0.0635 e. The van der Waals surface area contributed by atoms with Crippen molar-refractivity contribution in [2.75, 3.05) is 25.1 Å². The maximum atomic E-state index is 9.45. The largest absolute Gasteiger partial charge is 0.394 e. The van der Waals surface area contributed by atoms with Crippen LogP contribution in [-0.2, 0) is 6.54 Å². The van der Waals surface area contributed by atoms with E-state index >= 15 is 0 Å². The molecule has 0 aliphatic carbocycles. The highest BCUT2D eigenvalue weighted by atomic mass is 35.5. The first-order chi connectivity index (χ1) is 8.76. The van der Waals surface area contributed by atoms with Gasteiger partial charge in [-0.2, -0.15) is 0 Å². The summed E-state index contributed by atoms with van der Waals surface area (Å²) in [5, 5.41) is 13.3. The lowest BCUT2D eigenvalue weighted by Crippen LogP contribution is -2.41. The van der Waals surface area contributed by atoms with Crippen LogP contribution in [0, 0.1) is 0 Å². The molecule has 1 atom stereocenters. The zero-order valence-corrected chi connectivity index (χ0v) is 11.6. The Labute approximate surface area is 114 Å². The molecule has 4 heteroatoms. The zero-order valence-electron chi connectivity index (χ0n) is 10.8. The average Bonchev–Trinajstić information content (AvgIpc) is 2.41. The molecule has 1 fully saturated rings. The van der Waals surface area contributed by atoms with Crippen LogP contribution in [0.1, 0.15) is 24.8 Å². The highest BCUT2D eigenvalue weighted by Gasteiger charge is 2.22. The van der Waals surface area contributed by atoms with Crippen molar-refractivity contribution in [3.63, 3.8) is 0 Å². The molecule has 1 saturated heterocycles. The van der Waals surface area contributed by atoms with E-state index < -0.39 is 0 Å². The van der Waals surface area contributed by atoms with E-state index in [9.17, 15) is 5.11 Å². The van der Waals surface area contributed by atoms with Gasteiger partial charge in [-0.15, -0.1) is 0 Å². The van der Waals surface area contributed by atoms with Crippen molar-refractivity contribution < 1.29 is 5.11 Å². The van der Waals surface area contributed by atoms with Gasteiger partial charge >= 0.3 is 0 Å². The minimum Gasteiger partial charge on any atom is -0.394 e. The number of nitrogens with zero attached hydrogens (tertiary/aromatic N) is 1. The molecule has 1 aromatic carbocycles. The standard InChI is InChI=1S/C14H21ClN2O/c1-16-9-11-5-6-12(8-14(11)15)17-7-3-2-4-13(17)10-18/h5-6,8,13,16,18H,2-4,7,9-10H2,1H3. The molecule has 1 aromatic rings. The van der Waals surface area contributed by atoms with Crippen molar-refractivity contribution in [3.05, 3.63) is 28.8 Å². The van der Waals surface area contributed by atoms with Crippen molar-refractivity contribution in [1.29, 1.82) is 0 Å². The van der Waals surface area contributed by atoms with E-state index in [-0.39, 0.29) is 12.6 Å². The topological polar surface area (TPSA) is 35.5 Å². The summed E-state index contributed by atoms with van der Waals surface area (Å²) in [6.07, 6.45) is 3.45. The number of hydrogen-bond donors (Lipinski definition) is 2. The molecule has 1 heterocycles. The van der Waals surface area contributed by atoms with Gasteiger partial charge in [0.15, 0.2) is 0 Å². The van der Waals surface area contributed by atoms with Crippen LogP contribution in [0.15, 0.2) is 18.2 Å². The smallest absolute Gasteiger partial charge is 0.0635 e. The number of aliphatic hydroxyl groups excluding tert-OH is 1. The van der Waals surface area contributed by atoms with E-state index in [1.54, 1.807) is 0 Å². The Balaban J connectivity index is 2.19. The van der Waals surface area contributed by atoms with Crippen molar-refractivity contribution in [2.45, 2.75) is 31.8 Å². The fraction of sp³-hybridized carbons (Fsp3) is 0.571. The van der Waals surface area contributed by atoms with Crippen molar-refractivity contribution >= 4 is 17.3 Å². The number of piperidine rings is 1. The van der Waals surface area contributed by atoms with E-state index in [4.69, 9.17) is 11.6 Å². The third-order valence-electron chi connectivity index (χ3n) is 3.57. The highest BCUT2D eigenvalue weighted by Crippen LogP contribution is 2.28. The summed E-state index contributed by atoms with van der Waals surface area (Å²) in [5.41, 5.74) is 2.24. The summed E-state index contributed by atoms with van der Waals surface area (Å²) in [5.74, 6) is 0. The summed E-state index contributed by atoms with van der Waals surface area (Å²) < 4.78 is 0. The molecule has 2 N–H and O–H groups in total. The van der Waals surface area contributed by atoms with E-state index in [1.807, 2.05) is 13.1 Å². The first kappa shape index (κ1) is 13.7. The van der Waals surface area contributed by atoms with Gasteiger partial charge in [0, 0.05) is 23.8 Å². The second-order valence-electron chi connectivity index (χ2n) is 4.83. The van der Waals surface area contributed by atoms with Gasteiger partial charge in [-0.05, 0) is 44.0 Å². The van der Waals surface area contributed by atoms with Gasteiger partial charge in [0.05, 0.1) is 12.6 Å². The van der Waals surface area contributed by atoms with E-state index in [2.05, 4.69) is 22.3 Å². The highest BCUT2D eigenvalue weighted by molar-refractivity contribution is 6.31. The summed E-state index contributed by atoms with van der Waals surface area (Å²) in [6.45, 7) is 2.01. The zero-order chi connectivity index (χ0) is 13.0. The normalized spacial score (nSPS) is 20.2. The van der Waals surface area contributed by atoms with E-state index in [0.717, 1.165) is 35.8 Å². The summed E-state index contributed by atoms with van der Waals surface area (Å²) in [4.78, 5) is 2.28. The van der Waals surface area contributed by atoms with Crippen molar-refractivity contribution in [1.82, 2.24) is 5.32 Å². The molecule has 3 nitrogen and oxygen atoms in total. The van der Waals surface area contributed by atoms with Crippen LogP contribution in [-0.4, -0.2) is 31.3 Å². The number of rotatable bonds is 4. The van der Waals surface area contributed by atoms with Gasteiger partial charge in [-0.1, -0.05) is 17.7 Å². The Morgan fingerprint density at radius 1 is 1.44 bits per heavy atom. The summed E-state index contributed by atoms with van der Waals surface area (Å²) >= 11 is 6.29. The molecule has 0 radical (unpaired) electrons. The minimum absolute atomic E-state index is 0.218.